The molecule has 31 heavy (non-hydrogen) atoms. The van der Waals surface area contributed by atoms with Crippen LogP contribution in [0.3, 0.4) is 0 Å². The highest BCUT2D eigenvalue weighted by Crippen LogP contribution is 2.27. The molecule has 2 aromatic carbocycles. The second kappa shape index (κ2) is 10.00. The van der Waals surface area contributed by atoms with Crippen LogP contribution in [-0.2, 0) is 11.3 Å². The molecular weight excluding hydrogens is 454 g/mol. The number of hydrogen-bond donors (Lipinski definition) is 0. The molecule has 0 aliphatic carbocycles. The van der Waals surface area contributed by atoms with Crippen LogP contribution < -0.4 is 9.64 Å². The standard InChI is InChI=1S/C22H18ClN3O3S2/c1-28-18-10-8-17(9-11-18)26(13-19-3-2-12-30-19)20(27)14-31-22-25-24-21(29-22)15-4-6-16(23)7-5-15/h2-12H,13-14H2,1H3. The molecule has 0 bridgehead atoms. The van der Waals surface area contributed by atoms with Gasteiger partial charge in [-0.15, -0.1) is 21.5 Å². The number of rotatable bonds is 8. The summed E-state index contributed by atoms with van der Waals surface area (Å²) in [7, 11) is 1.61. The van der Waals surface area contributed by atoms with Gasteiger partial charge in [-0.05, 0) is 60.0 Å². The van der Waals surface area contributed by atoms with Gasteiger partial charge in [0.05, 0.1) is 19.4 Å². The van der Waals surface area contributed by atoms with Gasteiger partial charge in [0.15, 0.2) is 0 Å². The summed E-state index contributed by atoms with van der Waals surface area (Å²) in [4.78, 5) is 15.9. The van der Waals surface area contributed by atoms with Gasteiger partial charge >= 0.3 is 0 Å². The van der Waals surface area contributed by atoms with Gasteiger partial charge in [-0.25, -0.2) is 0 Å². The summed E-state index contributed by atoms with van der Waals surface area (Å²) < 4.78 is 10.9. The van der Waals surface area contributed by atoms with Gasteiger partial charge in [0, 0.05) is 21.2 Å². The number of aromatic nitrogens is 2. The maximum atomic E-state index is 13.1. The summed E-state index contributed by atoms with van der Waals surface area (Å²) >= 11 is 8.74. The molecule has 0 atom stereocenters. The van der Waals surface area contributed by atoms with Gasteiger partial charge in [-0.1, -0.05) is 29.4 Å². The van der Waals surface area contributed by atoms with Crippen molar-refractivity contribution in [2.75, 3.05) is 17.8 Å². The largest absolute Gasteiger partial charge is 0.497 e. The number of halogens is 1. The Bertz CT molecular complexity index is 1130. The van der Waals surface area contributed by atoms with Gasteiger partial charge in [-0.2, -0.15) is 0 Å². The zero-order valence-electron chi connectivity index (χ0n) is 16.5. The Morgan fingerprint density at radius 2 is 1.90 bits per heavy atom. The van der Waals surface area contributed by atoms with E-state index in [1.54, 1.807) is 35.5 Å². The molecule has 0 saturated heterocycles. The number of anilines is 1. The first-order valence-electron chi connectivity index (χ1n) is 9.31. The summed E-state index contributed by atoms with van der Waals surface area (Å²) in [6.45, 7) is 0.489. The highest BCUT2D eigenvalue weighted by atomic mass is 35.5. The predicted molar refractivity (Wildman–Crippen MR) is 124 cm³/mol. The van der Waals surface area contributed by atoms with Crippen LogP contribution in [0.25, 0.3) is 11.5 Å². The van der Waals surface area contributed by atoms with Crippen molar-refractivity contribution in [1.29, 1.82) is 0 Å². The molecule has 1 amide bonds. The highest BCUT2D eigenvalue weighted by Gasteiger charge is 2.19. The first-order chi connectivity index (χ1) is 15.1. The van der Waals surface area contributed by atoms with Crippen LogP contribution >= 0.6 is 34.7 Å². The minimum absolute atomic E-state index is 0.0604. The average Bonchev–Trinajstić information content (AvgIpc) is 3.49. The zero-order valence-corrected chi connectivity index (χ0v) is 18.9. The molecule has 0 aliphatic heterocycles. The van der Waals surface area contributed by atoms with Crippen molar-refractivity contribution < 1.29 is 13.9 Å². The molecule has 9 heteroatoms. The van der Waals surface area contributed by atoms with E-state index in [2.05, 4.69) is 10.2 Å². The van der Waals surface area contributed by atoms with Crippen molar-refractivity contribution in [2.45, 2.75) is 11.8 Å². The summed E-state index contributed by atoms with van der Waals surface area (Å²) in [5, 5.41) is 11.1. The minimum Gasteiger partial charge on any atom is -0.497 e. The van der Waals surface area contributed by atoms with Crippen LogP contribution in [0.2, 0.25) is 5.02 Å². The Balaban J connectivity index is 1.46. The fourth-order valence-corrected chi connectivity index (χ4v) is 4.28. The fourth-order valence-electron chi connectivity index (χ4n) is 2.82. The fraction of sp³-hybridized carbons (Fsp3) is 0.136. The van der Waals surface area contributed by atoms with Crippen LogP contribution in [-0.4, -0.2) is 29.0 Å². The van der Waals surface area contributed by atoms with Crippen molar-refractivity contribution in [3.8, 4) is 17.2 Å². The second-order valence-corrected chi connectivity index (χ2v) is 8.82. The lowest BCUT2D eigenvalue weighted by Gasteiger charge is -2.22. The van der Waals surface area contributed by atoms with Crippen molar-refractivity contribution in [1.82, 2.24) is 10.2 Å². The summed E-state index contributed by atoms with van der Waals surface area (Å²) in [5.74, 6) is 1.23. The van der Waals surface area contributed by atoms with E-state index in [-0.39, 0.29) is 11.7 Å². The number of hydrogen-bond acceptors (Lipinski definition) is 7. The topological polar surface area (TPSA) is 68.5 Å². The first-order valence-corrected chi connectivity index (χ1v) is 11.6. The number of methoxy groups -OCH3 is 1. The minimum atomic E-state index is -0.0604. The predicted octanol–water partition coefficient (Wildman–Crippen LogP) is 5.79. The summed E-state index contributed by atoms with van der Waals surface area (Å²) in [6, 6.07) is 18.6. The maximum absolute atomic E-state index is 13.1. The third kappa shape index (κ3) is 5.46. The van der Waals surface area contributed by atoms with E-state index in [4.69, 9.17) is 20.8 Å². The van der Waals surface area contributed by atoms with E-state index in [0.717, 1.165) is 21.9 Å². The molecule has 0 aliphatic rings. The van der Waals surface area contributed by atoms with E-state index in [1.807, 2.05) is 53.9 Å². The van der Waals surface area contributed by atoms with E-state index >= 15 is 0 Å². The number of ether oxygens (including phenoxy) is 1. The number of thiophene rings is 1. The summed E-state index contributed by atoms with van der Waals surface area (Å²) in [6.07, 6.45) is 0. The SMILES string of the molecule is COc1ccc(N(Cc2cccs2)C(=O)CSc2nnc(-c3ccc(Cl)cc3)o2)cc1. The molecule has 4 rings (SSSR count). The molecule has 6 nitrogen and oxygen atoms in total. The third-order valence-electron chi connectivity index (χ3n) is 4.40. The number of carbonyl (C=O) groups excluding carboxylic acids is 1. The van der Waals surface area contributed by atoms with Crippen LogP contribution in [0.1, 0.15) is 4.88 Å². The molecule has 0 spiro atoms. The smallest absolute Gasteiger partial charge is 0.277 e. The molecule has 158 valence electrons. The highest BCUT2D eigenvalue weighted by molar-refractivity contribution is 7.99. The van der Waals surface area contributed by atoms with Crippen LogP contribution in [0.15, 0.2) is 75.7 Å². The molecular formula is C22H18ClN3O3S2. The second-order valence-electron chi connectivity index (χ2n) is 6.43. The monoisotopic (exact) mass is 471 g/mol. The Morgan fingerprint density at radius 3 is 2.58 bits per heavy atom. The van der Waals surface area contributed by atoms with Gasteiger partial charge in [0.1, 0.15) is 5.75 Å². The lowest BCUT2D eigenvalue weighted by Crippen LogP contribution is -2.31. The maximum Gasteiger partial charge on any atom is 0.277 e. The van der Waals surface area contributed by atoms with Crippen LogP contribution in [0.4, 0.5) is 5.69 Å². The zero-order chi connectivity index (χ0) is 21.6. The van der Waals surface area contributed by atoms with Gasteiger partial charge in [0.2, 0.25) is 11.8 Å². The molecule has 2 aromatic heterocycles. The molecule has 2 heterocycles. The first kappa shape index (κ1) is 21.4. The molecule has 0 fully saturated rings. The van der Waals surface area contributed by atoms with Crippen molar-refractivity contribution in [3.63, 3.8) is 0 Å². The molecule has 0 N–H and O–H groups in total. The lowest BCUT2D eigenvalue weighted by molar-refractivity contribution is -0.116. The molecule has 0 unspecified atom stereocenters. The van der Waals surface area contributed by atoms with Crippen molar-refractivity contribution in [2.24, 2.45) is 0 Å². The Morgan fingerprint density at radius 1 is 1.13 bits per heavy atom. The normalized spacial score (nSPS) is 10.8. The molecule has 0 saturated carbocycles. The number of amides is 1. The Hall–Kier alpha value is -2.81. The van der Waals surface area contributed by atoms with Crippen LogP contribution in [0.5, 0.6) is 5.75 Å². The third-order valence-corrected chi connectivity index (χ3v) is 6.31. The van der Waals surface area contributed by atoms with Gasteiger partial charge in [-0.3, -0.25) is 4.79 Å². The van der Waals surface area contributed by atoms with Crippen molar-refractivity contribution >= 4 is 46.3 Å². The van der Waals surface area contributed by atoms with Crippen molar-refractivity contribution in [3.05, 3.63) is 75.9 Å². The van der Waals surface area contributed by atoms with E-state index < -0.39 is 0 Å². The lowest BCUT2D eigenvalue weighted by atomic mass is 10.2. The van der Waals surface area contributed by atoms with E-state index in [1.165, 1.54) is 11.8 Å². The number of benzene rings is 2. The van der Waals surface area contributed by atoms with E-state index in [9.17, 15) is 4.79 Å². The van der Waals surface area contributed by atoms with Gasteiger partial charge in [0.25, 0.3) is 5.22 Å². The molecule has 0 radical (unpaired) electrons. The Labute approximate surface area is 192 Å². The van der Waals surface area contributed by atoms with Crippen LogP contribution in [0, 0.1) is 0 Å². The quantitative estimate of drug-likeness (QED) is 0.303. The van der Waals surface area contributed by atoms with Gasteiger partial charge < -0.3 is 14.1 Å². The number of carbonyl (C=O) groups is 1. The van der Waals surface area contributed by atoms with E-state index in [0.29, 0.717) is 22.7 Å². The number of thioether (sulfide) groups is 1. The Kier molecular flexibility index (Phi) is 6.91. The number of nitrogens with zero attached hydrogens (tertiary/aromatic N) is 3. The average molecular weight is 472 g/mol. The molecule has 4 aromatic rings. The summed E-state index contributed by atoms with van der Waals surface area (Å²) in [5.41, 5.74) is 1.57.